The molecule has 0 aliphatic heterocycles. The third-order valence-electron chi connectivity index (χ3n) is 2.79. The molecule has 23 heavy (non-hydrogen) atoms. The molecule has 1 heterocycles. The van der Waals surface area contributed by atoms with E-state index in [0.717, 1.165) is 14.2 Å². The van der Waals surface area contributed by atoms with Gasteiger partial charge in [-0.1, -0.05) is 0 Å². The van der Waals surface area contributed by atoms with Crippen molar-refractivity contribution in [3.63, 3.8) is 0 Å². The summed E-state index contributed by atoms with van der Waals surface area (Å²) in [5, 5.41) is 17.8. The lowest BCUT2D eigenvalue weighted by Crippen LogP contribution is -2.15. The molecule has 0 atom stereocenters. The second-order valence-electron chi connectivity index (χ2n) is 4.12. The number of carbonyl (C=O) groups is 2. The number of carbonyl (C=O) groups excluding carboxylic acids is 2. The van der Waals surface area contributed by atoms with Crippen LogP contribution in [-0.4, -0.2) is 46.3 Å². The van der Waals surface area contributed by atoms with Crippen molar-refractivity contribution in [1.82, 2.24) is 15.2 Å². The summed E-state index contributed by atoms with van der Waals surface area (Å²) in [5.74, 6) is -2.00. The zero-order valence-corrected chi connectivity index (χ0v) is 12.0. The van der Waals surface area contributed by atoms with Crippen LogP contribution in [0.3, 0.4) is 0 Å². The second-order valence-corrected chi connectivity index (χ2v) is 4.12. The lowest BCUT2D eigenvalue weighted by molar-refractivity contribution is -0.384. The second kappa shape index (κ2) is 6.56. The van der Waals surface area contributed by atoms with Gasteiger partial charge >= 0.3 is 11.9 Å². The molecule has 0 amide bonds. The molecule has 2 rings (SSSR count). The number of nitro benzene ring substituents is 1. The van der Waals surface area contributed by atoms with Crippen LogP contribution in [-0.2, 0) is 9.47 Å². The van der Waals surface area contributed by atoms with Crippen LogP contribution in [0.25, 0.3) is 11.3 Å². The predicted octanol–water partition coefficient (Wildman–Crippen LogP) is 1.02. The number of methoxy groups -OCH3 is 2. The molecule has 0 aliphatic carbocycles. The number of hydrogen-bond acceptors (Lipinski definition) is 9. The molecule has 10 heteroatoms. The number of ether oxygens (including phenoxy) is 2. The van der Waals surface area contributed by atoms with Crippen LogP contribution in [0.1, 0.15) is 21.1 Å². The first-order valence-corrected chi connectivity index (χ1v) is 6.14. The fourth-order valence-electron chi connectivity index (χ4n) is 1.68. The van der Waals surface area contributed by atoms with E-state index in [-0.39, 0.29) is 22.9 Å². The monoisotopic (exact) mass is 318 g/mol. The Labute approximate surface area is 129 Å². The highest BCUT2D eigenvalue weighted by Crippen LogP contribution is 2.23. The molecule has 0 spiro atoms. The Balaban J connectivity index is 2.58. The van der Waals surface area contributed by atoms with E-state index in [1.807, 2.05) is 0 Å². The summed E-state index contributed by atoms with van der Waals surface area (Å²) in [4.78, 5) is 37.3. The number of nitrogens with zero attached hydrogens (tertiary/aromatic N) is 4. The number of nitro groups is 1. The molecule has 0 N–H and O–H groups in total. The van der Waals surface area contributed by atoms with Gasteiger partial charge in [-0.3, -0.25) is 10.1 Å². The summed E-state index contributed by atoms with van der Waals surface area (Å²) in [7, 11) is 2.29. The molecule has 0 aliphatic rings. The summed E-state index contributed by atoms with van der Waals surface area (Å²) < 4.78 is 9.08. The molecule has 10 nitrogen and oxygen atoms in total. The number of benzene rings is 1. The third-order valence-corrected chi connectivity index (χ3v) is 2.79. The van der Waals surface area contributed by atoms with Crippen molar-refractivity contribution in [3.05, 3.63) is 45.9 Å². The Morgan fingerprint density at radius 3 is 2.17 bits per heavy atom. The zero-order valence-electron chi connectivity index (χ0n) is 12.0. The fraction of sp³-hybridized carbons (Fsp3) is 0.154. The van der Waals surface area contributed by atoms with Gasteiger partial charge in [-0.25, -0.2) is 14.6 Å². The summed E-state index contributed by atoms with van der Waals surface area (Å²) in [6.45, 7) is 0. The molecule has 2 aromatic rings. The van der Waals surface area contributed by atoms with E-state index in [1.165, 1.54) is 24.3 Å². The smallest absolute Gasteiger partial charge is 0.378 e. The Morgan fingerprint density at radius 2 is 1.65 bits per heavy atom. The van der Waals surface area contributed by atoms with Crippen molar-refractivity contribution in [2.24, 2.45) is 0 Å². The normalized spacial score (nSPS) is 10.0. The Hall–Kier alpha value is -3.43. The minimum atomic E-state index is -0.836. The Kier molecular flexibility index (Phi) is 4.55. The quantitative estimate of drug-likeness (QED) is 0.460. The van der Waals surface area contributed by atoms with Gasteiger partial charge in [-0.15, -0.1) is 10.2 Å². The standard InChI is InChI=1S/C13H10N4O6/c1-22-12(18)10-9(14-11(16-15-10)13(19)23-2)7-3-5-8(6-4-7)17(20)21/h3-6H,1-2H3. The van der Waals surface area contributed by atoms with Crippen molar-refractivity contribution < 1.29 is 24.0 Å². The van der Waals surface area contributed by atoms with Gasteiger partial charge in [0.2, 0.25) is 0 Å². The summed E-state index contributed by atoms with van der Waals surface area (Å²) >= 11 is 0. The number of hydrogen-bond donors (Lipinski definition) is 0. The maximum Gasteiger partial charge on any atom is 0.378 e. The Bertz CT molecular complexity index is 775. The third kappa shape index (κ3) is 3.26. The van der Waals surface area contributed by atoms with Crippen LogP contribution in [0.4, 0.5) is 5.69 Å². The van der Waals surface area contributed by atoms with Gasteiger partial charge in [0.25, 0.3) is 11.5 Å². The molecule has 0 saturated carbocycles. The molecular weight excluding hydrogens is 308 g/mol. The molecule has 0 fully saturated rings. The highest BCUT2D eigenvalue weighted by atomic mass is 16.6. The molecule has 0 bridgehead atoms. The minimum absolute atomic E-state index is 0.00199. The average Bonchev–Trinajstić information content (AvgIpc) is 2.59. The van der Waals surface area contributed by atoms with Crippen LogP contribution >= 0.6 is 0 Å². The van der Waals surface area contributed by atoms with E-state index in [0.29, 0.717) is 5.56 Å². The highest BCUT2D eigenvalue weighted by Gasteiger charge is 2.22. The maximum absolute atomic E-state index is 11.7. The SMILES string of the molecule is COC(=O)c1nnc(C(=O)OC)c(-c2ccc([N+](=O)[O-])cc2)n1. The van der Waals surface area contributed by atoms with Crippen LogP contribution in [0, 0.1) is 10.1 Å². The molecule has 0 radical (unpaired) electrons. The lowest BCUT2D eigenvalue weighted by Gasteiger charge is -2.07. The first-order chi connectivity index (χ1) is 11.0. The summed E-state index contributed by atoms with van der Waals surface area (Å²) in [5.41, 5.74) is -0.0317. The number of rotatable bonds is 4. The van der Waals surface area contributed by atoms with Gasteiger partial charge in [-0.05, 0) is 12.1 Å². The van der Waals surface area contributed by atoms with Crippen LogP contribution < -0.4 is 0 Å². The van der Waals surface area contributed by atoms with Gasteiger partial charge in [-0.2, -0.15) is 0 Å². The first-order valence-electron chi connectivity index (χ1n) is 6.14. The topological polar surface area (TPSA) is 134 Å². The minimum Gasteiger partial charge on any atom is -0.464 e. The molecule has 0 saturated heterocycles. The van der Waals surface area contributed by atoms with Crippen molar-refractivity contribution >= 4 is 17.6 Å². The van der Waals surface area contributed by atoms with Crippen LogP contribution in [0.2, 0.25) is 0 Å². The van der Waals surface area contributed by atoms with Gasteiger partial charge in [0.1, 0.15) is 5.69 Å². The maximum atomic E-state index is 11.7. The predicted molar refractivity (Wildman–Crippen MR) is 74.6 cm³/mol. The molecular formula is C13H10N4O6. The van der Waals surface area contributed by atoms with Gasteiger partial charge in [0.15, 0.2) is 5.69 Å². The highest BCUT2D eigenvalue weighted by molar-refractivity contribution is 5.95. The molecule has 1 aromatic heterocycles. The van der Waals surface area contributed by atoms with Gasteiger partial charge in [0, 0.05) is 17.7 Å². The van der Waals surface area contributed by atoms with Crippen molar-refractivity contribution in [1.29, 1.82) is 0 Å². The first kappa shape index (κ1) is 15.9. The average molecular weight is 318 g/mol. The fourth-order valence-corrected chi connectivity index (χ4v) is 1.68. The Morgan fingerprint density at radius 1 is 1.04 bits per heavy atom. The van der Waals surface area contributed by atoms with E-state index in [2.05, 4.69) is 24.7 Å². The van der Waals surface area contributed by atoms with E-state index in [9.17, 15) is 19.7 Å². The summed E-state index contributed by atoms with van der Waals surface area (Å²) in [6.07, 6.45) is 0. The molecule has 1 aromatic carbocycles. The molecule has 0 unspecified atom stereocenters. The van der Waals surface area contributed by atoms with E-state index >= 15 is 0 Å². The van der Waals surface area contributed by atoms with Crippen LogP contribution in [0.15, 0.2) is 24.3 Å². The van der Waals surface area contributed by atoms with E-state index in [4.69, 9.17) is 0 Å². The van der Waals surface area contributed by atoms with Crippen molar-refractivity contribution in [3.8, 4) is 11.3 Å². The van der Waals surface area contributed by atoms with E-state index in [1.54, 1.807) is 0 Å². The van der Waals surface area contributed by atoms with Gasteiger partial charge in [0.05, 0.1) is 19.1 Å². The number of aromatic nitrogens is 3. The lowest BCUT2D eigenvalue weighted by atomic mass is 10.1. The van der Waals surface area contributed by atoms with Crippen LogP contribution in [0.5, 0.6) is 0 Å². The zero-order chi connectivity index (χ0) is 17.0. The van der Waals surface area contributed by atoms with Gasteiger partial charge < -0.3 is 9.47 Å². The van der Waals surface area contributed by atoms with Crippen molar-refractivity contribution in [2.75, 3.05) is 14.2 Å². The van der Waals surface area contributed by atoms with E-state index < -0.39 is 16.9 Å². The number of non-ortho nitro benzene ring substituents is 1. The summed E-state index contributed by atoms with van der Waals surface area (Å²) in [6, 6.07) is 5.21. The largest absolute Gasteiger partial charge is 0.464 e. The molecule has 118 valence electrons. The number of esters is 2. The van der Waals surface area contributed by atoms with Crippen molar-refractivity contribution in [2.45, 2.75) is 0 Å².